The molecular weight excluding hydrogens is 441 g/mol. The zero-order valence-electron chi connectivity index (χ0n) is 15.7. The number of aliphatic hydroxyl groups excluding tert-OH is 2. The summed E-state index contributed by atoms with van der Waals surface area (Å²) in [5.41, 5.74) is 0.811. The van der Waals surface area contributed by atoms with Crippen LogP contribution >= 0.6 is 19.2 Å². The molecule has 14 heteroatoms. The molecule has 0 aliphatic carbocycles. The number of halogens is 1. The van der Waals surface area contributed by atoms with E-state index in [1.807, 2.05) is 0 Å². The second kappa shape index (κ2) is 8.29. The summed E-state index contributed by atoms with van der Waals surface area (Å²) >= 11 is 6.14. The maximum absolute atomic E-state index is 10.9. The van der Waals surface area contributed by atoms with Crippen LogP contribution in [0.15, 0.2) is 18.3 Å². The lowest BCUT2D eigenvalue weighted by molar-refractivity contribution is -0.0122. The monoisotopic (exact) mass is 461 g/mol. The maximum Gasteiger partial charge on any atom is 0.362 e. The number of imidazole rings is 1. The molecule has 2 aliphatic rings. The van der Waals surface area contributed by atoms with Crippen LogP contribution in [0, 0.1) is 0 Å². The van der Waals surface area contributed by atoms with Crippen LogP contribution in [0.1, 0.15) is 25.5 Å². The lowest BCUT2D eigenvalue weighted by Gasteiger charge is -2.27. The van der Waals surface area contributed by atoms with E-state index in [-0.39, 0.29) is 11.0 Å². The van der Waals surface area contributed by atoms with Gasteiger partial charge < -0.3 is 34.4 Å². The molecule has 12 nitrogen and oxygen atoms in total. The Balaban J connectivity index is 1.64. The molecule has 2 saturated heterocycles. The van der Waals surface area contributed by atoms with Crippen LogP contribution in [0.25, 0.3) is 11.2 Å². The number of hydrogen-bond donors (Lipinski definition) is 4. The SMILES string of the molecule is O=P(O)(O)COC=C1O[C@@H](n2cnc3c(N4CCCCC4)nc(Cl)nc32)[C@H](O)[C@@H]1O. The standard InChI is InChI=1S/C16H21ClN5O7P/c17-16-19-13(21-4-2-1-3-5-21)10-14(20-16)22(7-18-10)15-12(24)11(23)9(29-15)6-28-8-30(25,26)27/h6-7,11-12,15,23-24H,1-5,8H2,(H2,25,26,27)/t11-,12-,15-/m1/s1. The van der Waals surface area contributed by atoms with Crippen molar-refractivity contribution in [1.29, 1.82) is 0 Å². The number of ether oxygens (including phenoxy) is 2. The van der Waals surface area contributed by atoms with Crippen molar-refractivity contribution in [3.63, 3.8) is 0 Å². The summed E-state index contributed by atoms with van der Waals surface area (Å²) in [6.07, 6.45) is 0.621. The molecule has 0 spiro atoms. The molecule has 164 valence electrons. The minimum absolute atomic E-state index is 0.0126. The molecule has 2 aliphatic heterocycles. The van der Waals surface area contributed by atoms with E-state index >= 15 is 0 Å². The van der Waals surface area contributed by atoms with Gasteiger partial charge in [-0.15, -0.1) is 0 Å². The fourth-order valence-electron chi connectivity index (χ4n) is 3.53. The molecule has 30 heavy (non-hydrogen) atoms. The van der Waals surface area contributed by atoms with Crippen molar-refractivity contribution in [2.45, 2.75) is 37.7 Å². The van der Waals surface area contributed by atoms with E-state index in [1.54, 1.807) is 0 Å². The van der Waals surface area contributed by atoms with Crippen LogP contribution in [0.5, 0.6) is 0 Å². The smallest absolute Gasteiger partial charge is 0.362 e. The molecule has 0 unspecified atom stereocenters. The number of nitrogens with zero attached hydrogens (tertiary/aromatic N) is 5. The van der Waals surface area contributed by atoms with Crippen molar-refractivity contribution in [3.8, 4) is 0 Å². The van der Waals surface area contributed by atoms with Gasteiger partial charge in [0.05, 0.1) is 0 Å². The van der Waals surface area contributed by atoms with Gasteiger partial charge in [-0.25, -0.2) is 4.98 Å². The maximum atomic E-state index is 10.9. The molecular formula is C16H21ClN5O7P. The number of aromatic nitrogens is 4. The first kappa shape index (κ1) is 21.3. The van der Waals surface area contributed by atoms with Crippen molar-refractivity contribution >= 4 is 36.2 Å². The van der Waals surface area contributed by atoms with E-state index < -0.39 is 32.4 Å². The number of hydrogen-bond acceptors (Lipinski definition) is 9. The van der Waals surface area contributed by atoms with Crippen molar-refractivity contribution in [2.24, 2.45) is 0 Å². The molecule has 0 aromatic carbocycles. The van der Waals surface area contributed by atoms with E-state index in [0.717, 1.165) is 38.6 Å². The van der Waals surface area contributed by atoms with Crippen LogP contribution < -0.4 is 4.90 Å². The molecule has 4 rings (SSSR count). The Morgan fingerprint density at radius 2 is 2.00 bits per heavy atom. The topological polar surface area (TPSA) is 163 Å². The van der Waals surface area contributed by atoms with Crippen molar-refractivity contribution in [2.75, 3.05) is 24.3 Å². The van der Waals surface area contributed by atoms with Gasteiger partial charge >= 0.3 is 7.60 Å². The highest BCUT2D eigenvalue weighted by Gasteiger charge is 2.42. The highest BCUT2D eigenvalue weighted by molar-refractivity contribution is 7.51. The first-order valence-corrected chi connectivity index (χ1v) is 11.5. The molecule has 4 heterocycles. The van der Waals surface area contributed by atoms with Gasteiger partial charge in [0.2, 0.25) is 11.5 Å². The van der Waals surface area contributed by atoms with Crippen LogP contribution in [0.3, 0.4) is 0 Å². The Kier molecular flexibility index (Phi) is 5.88. The summed E-state index contributed by atoms with van der Waals surface area (Å²) < 4.78 is 22.7. The fourth-order valence-corrected chi connectivity index (χ4v) is 3.96. The zero-order chi connectivity index (χ0) is 21.5. The minimum Gasteiger partial charge on any atom is -0.485 e. The first-order valence-electron chi connectivity index (χ1n) is 9.28. The Labute approximate surface area is 175 Å². The van der Waals surface area contributed by atoms with Gasteiger partial charge in [-0.05, 0) is 30.9 Å². The number of aliphatic hydroxyl groups is 2. The predicted octanol–water partition coefficient (Wildman–Crippen LogP) is 0.714. The highest BCUT2D eigenvalue weighted by atomic mass is 35.5. The summed E-state index contributed by atoms with van der Waals surface area (Å²) in [6.45, 7) is 1.64. The third-order valence-corrected chi connectivity index (χ3v) is 5.57. The second-order valence-corrected chi connectivity index (χ2v) is 9.04. The molecule has 0 radical (unpaired) electrons. The summed E-state index contributed by atoms with van der Waals surface area (Å²) in [4.78, 5) is 32.7. The average molecular weight is 462 g/mol. The van der Waals surface area contributed by atoms with Gasteiger partial charge in [-0.1, -0.05) is 0 Å². The van der Waals surface area contributed by atoms with Gasteiger partial charge in [0, 0.05) is 13.1 Å². The summed E-state index contributed by atoms with van der Waals surface area (Å²) in [7, 11) is -4.40. The molecule has 0 saturated carbocycles. The van der Waals surface area contributed by atoms with Gasteiger partial charge in [0.15, 0.2) is 29.1 Å². The lowest BCUT2D eigenvalue weighted by Crippen LogP contribution is -2.30. The van der Waals surface area contributed by atoms with E-state index in [1.165, 1.54) is 10.9 Å². The first-order chi connectivity index (χ1) is 14.2. The van der Waals surface area contributed by atoms with E-state index in [2.05, 4.69) is 19.9 Å². The average Bonchev–Trinajstić information content (AvgIpc) is 3.23. The Bertz CT molecular complexity index is 1010. The minimum atomic E-state index is -4.40. The van der Waals surface area contributed by atoms with Crippen molar-refractivity contribution in [3.05, 3.63) is 23.6 Å². The molecule has 2 aromatic heterocycles. The Hall–Kier alpha value is -1.95. The quantitative estimate of drug-likeness (QED) is 0.281. The molecule has 3 atom stereocenters. The number of fused-ring (bicyclic) bond motifs is 1. The molecule has 2 aromatic rings. The number of piperidine rings is 1. The fraction of sp³-hybridized carbons (Fsp3) is 0.562. The van der Waals surface area contributed by atoms with Crippen LogP contribution in [0.2, 0.25) is 5.28 Å². The van der Waals surface area contributed by atoms with E-state index in [0.29, 0.717) is 17.0 Å². The van der Waals surface area contributed by atoms with Gasteiger partial charge in [0.25, 0.3) is 0 Å². The lowest BCUT2D eigenvalue weighted by atomic mass is 10.1. The van der Waals surface area contributed by atoms with Crippen LogP contribution in [-0.2, 0) is 14.0 Å². The molecule has 0 amide bonds. The van der Waals surface area contributed by atoms with Gasteiger partial charge in [-0.3, -0.25) is 9.13 Å². The van der Waals surface area contributed by atoms with Crippen molar-refractivity contribution < 1.29 is 34.0 Å². The van der Waals surface area contributed by atoms with Crippen LogP contribution in [0.4, 0.5) is 5.82 Å². The Morgan fingerprint density at radius 3 is 2.70 bits per heavy atom. The highest BCUT2D eigenvalue weighted by Crippen LogP contribution is 2.37. The normalized spacial score (nSPS) is 26.4. The number of rotatable bonds is 5. The predicted molar refractivity (Wildman–Crippen MR) is 105 cm³/mol. The van der Waals surface area contributed by atoms with Crippen molar-refractivity contribution in [1.82, 2.24) is 19.5 Å². The molecule has 0 bridgehead atoms. The third kappa shape index (κ3) is 4.25. The summed E-state index contributed by atoms with van der Waals surface area (Å²) in [5.74, 6) is 0.413. The summed E-state index contributed by atoms with van der Waals surface area (Å²) in [6, 6.07) is 0. The zero-order valence-corrected chi connectivity index (χ0v) is 17.4. The van der Waals surface area contributed by atoms with Gasteiger partial charge in [-0.2, -0.15) is 9.97 Å². The number of anilines is 1. The molecule has 4 N–H and O–H groups in total. The van der Waals surface area contributed by atoms with Crippen LogP contribution in [-0.4, -0.2) is 71.2 Å². The third-order valence-electron chi connectivity index (χ3n) is 4.91. The Morgan fingerprint density at radius 1 is 1.27 bits per heavy atom. The largest absolute Gasteiger partial charge is 0.485 e. The van der Waals surface area contributed by atoms with Gasteiger partial charge in [0.1, 0.15) is 24.8 Å². The second-order valence-electron chi connectivity index (χ2n) is 7.11. The van der Waals surface area contributed by atoms with E-state index in [4.69, 9.17) is 30.9 Å². The molecule has 2 fully saturated rings. The summed E-state index contributed by atoms with van der Waals surface area (Å²) in [5, 5.41) is 20.7. The van der Waals surface area contributed by atoms with E-state index in [9.17, 15) is 14.8 Å².